The summed E-state index contributed by atoms with van der Waals surface area (Å²) >= 11 is 0. The number of piperazine rings is 1. The molecule has 4 rings (SSSR count). The lowest BCUT2D eigenvalue weighted by atomic mass is 9.94. The Morgan fingerprint density at radius 1 is 1.03 bits per heavy atom. The summed E-state index contributed by atoms with van der Waals surface area (Å²) in [6, 6.07) is 6.40. The average Bonchev–Trinajstić information content (AvgIpc) is 3.12. The van der Waals surface area contributed by atoms with Gasteiger partial charge in [0, 0.05) is 50.9 Å². The lowest BCUT2D eigenvalue weighted by Crippen LogP contribution is -2.52. The van der Waals surface area contributed by atoms with E-state index in [9.17, 15) is 21.6 Å². The first-order chi connectivity index (χ1) is 15.0. The maximum atomic E-state index is 13.2. The highest BCUT2D eigenvalue weighted by Gasteiger charge is 2.35. The number of rotatable bonds is 4. The van der Waals surface area contributed by atoms with Crippen LogP contribution in [0.15, 0.2) is 29.2 Å². The van der Waals surface area contributed by atoms with Crippen LogP contribution < -0.4 is 0 Å². The van der Waals surface area contributed by atoms with Crippen LogP contribution in [0, 0.1) is 11.8 Å². The van der Waals surface area contributed by atoms with Crippen molar-refractivity contribution in [2.45, 2.75) is 37.6 Å². The molecule has 0 aromatic heterocycles. The molecule has 3 atom stereocenters. The molecule has 1 aromatic rings. The van der Waals surface area contributed by atoms with E-state index in [0.29, 0.717) is 63.1 Å². The van der Waals surface area contributed by atoms with E-state index in [1.165, 1.54) is 6.07 Å². The minimum absolute atomic E-state index is 0.0417. The van der Waals surface area contributed by atoms with Gasteiger partial charge in [-0.15, -0.1) is 0 Å². The van der Waals surface area contributed by atoms with Crippen LogP contribution in [-0.4, -0.2) is 93.7 Å². The van der Waals surface area contributed by atoms with Gasteiger partial charge >= 0.3 is 0 Å². The maximum Gasteiger partial charge on any atom is 0.253 e. The van der Waals surface area contributed by atoms with Crippen LogP contribution in [0.4, 0.5) is 0 Å². The number of benzene rings is 1. The molecule has 3 aliphatic heterocycles. The molecule has 0 radical (unpaired) electrons. The standard InChI is InChI=1S/C22H33N3O5S2/c1-17-12-18(2)15-25(14-17)32(29,30)21-5-3-4-19(13-21)22(26)24-9-7-23(8-10-24)20-6-11-31(27,28)16-20/h3-5,13,17-18,20H,6-12,14-16H2,1-2H3. The van der Waals surface area contributed by atoms with Crippen molar-refractivity contribution >= 4 is 25.8 Å². The molecule has 3 heterocycles. The smallest absolute Gasteiger partial charge is 0.253 e. The Morgan fingerprint density at radius 2 is 1.69 bits per heavy atom. The number of hydrogen-bond donors (Lipinski definition) is 0. The maximum absolute atomic E-state index is 13.2. The highest BCUT2D eigenvalue weighted by Crippen LogP contribution is 2.27. The monoisotopic (exact) mass is 483 g/mol. The predicted molar refractivity (Wildman–Crippen MR) is 123 cm³/mol. The van der Waals surface area contributed by atoms with Gasteiger partial charge in [0.2, 0.25) is 10.0 Å². The van der Waals surface area contributed by atoms with Gasteiger partial charge in [-0.2, -0.15) is 4.31 Å². The van der Waals surface area contributed by atoms with Crippen LogP contribution in [-0.2, 0) is 19.9 Å². The Labute approximate surface area is 191 Å². The number of carbonyl (C=O) groups is 1. The SMILES string of the molecule is CC1CC(C)CN(S(=O)(=O)c2cccc(C(=O)N3CCN(C4CCS(=O)(=O)C4)CC3)c2)C1. The summed E-state index contributed by atoms with van der Waals surface area (Å²) in [6.45, 7) is 7.42. The molecule has 3 fully saturated rings. The zero-order valence-electron chi connectivity index (χ0n) is 18.8. The normalized spacial score (nSPS) is 29.8. The van der Waals surface area contributed by atoms with Crippen molar-refractivity contribution in [3.63, 3.8) is 0 Å². The number of sulfonamides is 1. The largest absolute Gasteiger partial charge is 0.336 e. The van der Waals surface area contributed by atoms with E-state index in [4.69, 9.17) is 0 Å². The second-order valence-electron chi connectivity index (χ2n) is 9.68. The van der Waals surface area contributed by atoms with E-state index in [1.807, 2.05) is 0 Å². The second-order valence-corrected chi connectivity index (χ2v) is 13.8. The fourth-order valence-electron chi connectivity index (χ4n) is 5.28. The first kappa shape index (κ1) is 23.7. The van der Waals surface area contributed by atoms with E-state index < -0.39 is 19.9 Å². The molecule has 1 amide bonds. The highest BCUT2D eigenvalue weighted by molar-refractivity contribution is 7.91. The molecule has 0 bridgehead atoms. The number of sulfone groups is 1. The summed E-state index contributed by atoms with van der Waals surface area (Å²) in [4.78, 5) is 17.2. The fraction of sp³-hybridized carbons (Fsp3) is 0.682. The number of amides is 1. The zero-order valence-corrected chi connectivity index (χ0v) is 20.4. The van der Waals surface area contributed by atoms with Gasteiger partial charge in [-0.05, 0) is 42.9 Å². The third-order valence-electron chi connectivity index (χ3n) is 6.88. The molecular weight excluding hydrogens is 450 g/mol. The van der Waals surface area contributed by atoms with Crippen molar-refractivity contribution in [2.24, 2.45) is 11.8 Å². The first-order valence-electron chi connectivity index (χ1n) is 11.4. The van der Waals surface area contributed by atoms with E-state index >= 15 is 0 Å². The van der Waals surface area contributed by atoms with Gasteiger partial charge in [0.25, 0.3) is 5.91 Å². The van der Waals surface area contributed by atoms with Crippen LogP contribution in [0.5, 0.6) is 0 Å². The van der Waals surface area contributed by atoms with Gasteiger partial charge in [-0.25, -0.2) is 16.8 Å². The molecular formula is C22H33N3O5S2. The molecule has 32 heavy (non-hydrogen) atoms. The van der Waals surface area contributed by atoms with Crippen molar-refractivity contribution in [3.05, 3.63) is 29.8 Å². The van der Waals surface area contributed by atoms with E-state index in [1.54, 1.807) is 27.4 Å². The molecule has 0 spiro atoms. The Bertz CT molecular complexity index is 1050. The molecule has 0 aliphatic carbocycles. The third-order valence-corrected chi connectivity index (χ3v) is 10.5. The van der Waals surface area contributed by atoms with Gasteiger partial charge in [-0.3, -0.25) is 9.69 Å². The van der Waals surface area contributed by atoms with Crippen LogP contribution in [0.3, 0.4) is 0 Å². The molecule has 3 unspecified atom stereocenters. The summed E-state index contributed by atoms with van der Waals surface area (Å²) in [5.41, 5.74) is 0.376. The van der Waals surface area contributed by atoms with Crippen molar-refractivity contribution < 1.29 is 21.6 Å². The average molecular weight is 484 g/mol. The summed E-state index contributed by atoms with van der Waals surface area (Å²) in [6.07, 6.45) is 1.67. The van der Waals surface area contributed by atoms with Crippen molar-refractivity contribution in [1.82, 2.24) is 14.1 Å². The quantitative estimate of drug-likeness (QED) is 0.641. The molecule has 3 saturated heterocycles. The van der Waals surface area contributed by atoms with Crippen LogP contribution in [0.1, 0.15) is 37.0 Å². The molecule has 0 saturated carbocycles. The van der Waals surface area contributed by atoms with Gasteiger partial charge in [0.1, 0.15) is 0 Å². The van der Waals surface area contributed by atoms with Crippen molar-refractivity contribution in [2.75, 3.05) is 50.8 Å². The van der Waals surface area contributed by atoms with E-state index in [0.717, 1.165) is 6.42 Å². The minimum atomic E-state index is -3.65. The number of hydrogen-bond acceptors (Lipinski definition) is 6. The number of nitrogens with zero attached hydrogens (tertiary/aromatic N) is 3. The summed E-state index contributed by atoms with van der Waals surface area (Å²) in [5, 5.41) is 0. The Hall–Kier alpha value is -1.49. The van der Waals surface area contributed by atoms with Crippen LogP contribution in [0.2, 0.25) is 0 Å². The summed E-state index contributed by atoms with van der Waals surface area (Å²) in [5.74, 6) is 0.886. The Morgan fingerprint density at radius 3 is 2.28 bits per heavy atom. The van der Waals surface area contributed by atoms with E-state index in [2.05, 4.69) is 18.7 Å². The van der Waals surface area contributed by atoms with Crippen LogP contribution in [0.25, 0.3) is 0 Å². The summed E-state index contributed by atoms with van der Waals surface area (Å²) in [7, 11) is -6.58. The minimum Gasteiger partial charge on any atom is -0.336 e. The number of carbonyl (C=O) groups excluding carboxylic acids is 1. The lowest BCUT2D eigenvalue weighted by molar-refractivity contribution is 0.0587. The Balaban J connectivity index is 1.43. The highest BCUT2D eigenvalue weighted by atomic mass is 32.2. The first-order valence-corrected chi connectivity index (χ1v) is 14.7. The molecule has 0 N–H and O–H groups in total. The van der Waals surface area contributed by atoms with Gasteiger partial charge < -0.3 is 4.90 Å². The Kier molecular flexibility index (Phi) is 6.68. The molecule has 178 valence electrons. The topological polar surface area (TPSA) is 95.1 Å². The van der Waals surface area contributed by atoms with Crippen molar-refractivity contribution in [3.8, 4) is 0 Å². The molecule has 8 nitrogen and oxygen atoms in total. The van der Waals surface area contributed by atoms with Gasteiger partial charge in [0.15, 0.2) is 9.84 Å². The summed E-state index contributed by atoms with van der Waals surface area (Å²) < 4.78 is 51.5. The van der Waals surface area contributed by atoms with Crippen LogP contribution >= 0.6 is 0 Å². The zero-order chi connectivity index (χ0) is 23.1. The molecule has 10 heteroatoms. The molecule has 3 aliphatic rings. The second kappa shape index (κ2) is 9.04. The van der Waals surface area contributed by atoms with Crippen molar-refractivity contribution in [1.29, 1.82) is 0 Å². The molecule has 1 aromatic carbocycles. The lowest BCUT2D eigenvalue weighted by Gasteiger charge is -2.37. The van der Waals surface area contributed by atoms with Gasteiger partial charge in [-0.1, -0.05) is 19.9 Å². The fourth-order valence-corrected chi connectivity index (χ4v) is 8.76. The van der Waals surface area contributed by atoms with Gasteiger partial charge in [0.05, 0.1) is 16.4 Å². The predicted octanol–water partition coefficient (Wildman–Crippen LogP) is 1.30. The van der Waals surface area contributed by atoms with E-state index in [-0.39, 0.29) is 28.4 Å². The number of piperidine rings is 1. The third kappa shape index (κ3) is 5.03.